The topological polar surface area (TPSA) is 112 Å². The lowest BCUT2D eigenvalue weighted by Crippen LogP contribution is -2.46. The summed E-state index contributed by atoms with van der Waals surface area (Å²) in [5, 5.41) is 5.75. The number of rotatable bonds is 8. The standard InChI is InChI=1S/C26H34N2O7/c1-7-18(27-14(2)29)26(31)28-19-10-8-15-12-22(33-4)24(34-5)25(35-6)23(15)16-9-11-21(32-3)20(30)13-17(16)19/h9,11-13,15,18-19,23H,7-8,10H2,1-6H3,(H,27,29)(H,28,31). The molecule has 0 aliphatic heterocycles. The number of ether oxygens (including phenoxy) is 4. The first kappa shape index (κ1) is 26.1. The lowest BCUT2D eigenvalue weighted by molar-refractivity contribution is -0.128. The Morgan fingerprint density at radius 3 is 2.34 bits per heavy atom. The van der Waals surface area contributed by atoms with Crippen molar-refractivity contribution in [3.8, 4) is 5.75 Å². The molecule has 0 bridgehead atoms. The average Bonchev–Trinajstić information content (AvgIpc) is 3.09. The molecule has 9 nitrogen and oxygen atoms in total. The smallest absolute Gasteiger partial charge is 0.243 e. The van der Waals surface area contributed by atoms with Crippen molar-refractivity contribution in [2.24, 2.45) is 5.92 Å². The first-order chi connectivity index (χ1) is 16.8. The Morgan fingerprint density at radius 1 is 1.03 bits per heavy atom. The van der Waals surface area contributed by atoms with Crippen LogP contribution in [-0.4, -0.2) is 46.3 Å². The van der Waals surface area contributed by atoms with E-state index in [9.17, 15) is 14.4 Å². The van der Waals surface area contributed by atoms with Crippen LogP contribution in [0.1, 0.15) is 56.2 Å². The van der Waals surface area contributed by atoms with Crippen LogP contribution in [0.4, 0.5) is 0 Å². The van der Waals surface area contributed by atoms with Gasteiger partial charge in [-0.2, -0.15) is 0 Å². The molecule has 4 atom stereocenters. The Bertz CT molecular complexity index is 1100. The Morgan fingerprint density at radius 2 is 1.77 bits per heavy atom. The molecule has 0 saturated heterocycles. The maximum atomic E-state index is 13.1. The summed E-state index contributed by atoms with van der Waals surface area (Å²) in [6, 6.07) is 3.88. The van der Waals surface area contributed by atoms with Crippen molar-refractivity contribution in [1.29, 1.82) is 0 Å². The van der Waals surface area contributed by atoms with Crippen LogP contribution in [-0.2, 0) is 23.8 Å². The molecule has 2 amide bonds. The second-order valence-electron chi connectivity index (χ2n) is 8.60. The Balaban J connectivity index is 2.17. The summed E-state index contributed by atoms with van der Waals surface area (Å²) in [7, 11) is 6.16. The molecule has 2 aliphatic rings. The second kappa shape index (κ2) is 11.3. The van der Waals surface area contributed by atoms with Crippen LogP contribution in [0, 0.1) is 5.92 Å². The minimum atomic E-state index is -0.672. The van der Waals surface area contributed by atoms with E-state index < -0.39 is 12.1 Å². The van der Waals surface area contributed by atoms with Crippen LogP contribution in [0.2, 0.25) is 0 Å². The van der Waals surface area contributed by atoms with Crippen LogP contribution in [0.25, 0.3) is 0 Å². The van der Waals surface area contributed by atoms with Gasteiger partial charge < -0.3 is 29.6 Å². The molecule has 1 aromatic carbocycles. The maximum absolute atomic E-state index is 13.1. The molecule has 0 saturated carbocycles. The van der Waals surface area contributed by atoms with Gasteiger partial charge in [-0.3, -0.25) is 14.4 Å². The van der Waals surface area contributed by atoms with Gasteiger partial charge in [-0.25, -0.2) is 0 Å². The highest BCUT2D eigenvalue weighted by molar-refractivity contribution is 5.87. The number of allylic oxidation sites excluding steroid dienone is 2. The highest BCUT2D eigenvalue weighted by Crippen LogP contribution is 2.48. The van der Waals surface area contributed by atoms with E-state index in [1.54, 1.807) is 27.4 Å². The van der Waals surface area contributed by atoms with Crippen LogP contribution in [0.3, 0.4) is 0 Å². The van der Waals surface area contributed by atoms with E-state index in [4.69, 9.17) is 18.9 Å². The predicted octanol–water partition coefficient (Wildman–Crippen LogP) is 2.67. The van der Waals surface area contributed by atoms with Crippen LogP contribution in [0.15, 0.2) is 46.3 Å². The molecule has 0 heterocycles. The number of carbonyl (C=O) groups is 2. The monoisotopic (exact) mass is 486 g/mol. The van der Waals surface area contributed by atoms with E-state index in [0.717, 1.165) is 5.56 Å². The molecule has 3 rings (SSSR count). The van der Waals surface area contributed by atoms with E-state index in [1.807, 2.05) is 19.1 Å². The van der Waals surface area contributed by atoms with E-state index in [0.29, 0.717) is 42.1 Å². The SMILES string of the molecule is CCC(NC(C)=O)C(=O)NC1CCC2C=C(OC)C(OC)=C(OC)C2c2ccc(OC)c(=O)cc21. The third kappa shape index (κ3) is 5.28. The van der Waals surface area contributed by atoms with Gasteiger partial charge in [-0.15, -0.1) is 0 Å². The van der Waals surface area contributed by atoms with Crippen molar-refractivity contribution >= 4 is 11.8 Å². The van der Waals surface area contributed by atoms with Crippen LogP contribution < -0.4 is 20.8 Å². The molecule has 4 unspecified atom stereocenters. The summed E-state index contributed by atoms with van der Waals surface area (Å²) >= 11 is 0. The van der Waals surface area contributed by atoms with Gasteiger partial charge in [-0.05, 0) is 54.5 Å². The molecule has 9 heteroatoms. The van der Waals surface area contributed by atoms with Crippen molar-refractivity contribution < 1.29 is 28.5 Å². The number of methoxy groups -OCH3 is 4. The van der Waals surface area contributed by atoms with Gasteiger partial charge in [0, 0.05) is 6.92 Å². The van der Waals surface area contributed by atoms with Gasteiger partial charge in [0.25, 0.3) is 0 Å². The molecular weight excluding hydrogens is 452 g/mol. The van der Waals surface area contributed by atoms with Crippen molar-refractivity contribution in [2.45, 2.75) is 51.1 Å². The number of fused-ring (bicyclic) bond motifs is 3. The number of hydrogen-bond donors (Lipinski definition) is 2. The molecule has 0 aromatic heterocycles. The molecule has 0 radical (unpaired) electrons. The lowest BCUT2D eigenvalue weighted by Gasteiger charge is -2.31. The minimum absolute atomic E-state index is 0.0275. The molecule has 2 N–H and O–H groups in total. The Labute approximate surface area is 205 Å². The van der Waals surface area contributed by atoms with Crippen LogP contribution in [0.5, 0.6) is 5.75 Å². The highest BCUT2D eigenvalue weighted by Gasteiger charge is 2.40. The van der Waals surface area contributed by atoms with Crippen molar-refractivity contribution in [3.05, 3.63) is 62.9 Å². The third-order valence-electron chi connectivity index (χ3n) is 6.58. The fraction of sp³-hybridized carbons (Fsp3) is 0.500. The van der Waals surface area contributed by atoms with Gasteiger partial charge >= 0.3 is 0 Å². The molecular formula is C26H34N2O7. The number of amides is 2. The second-order valence-corrected chi connectivity index (χ2v) is 8.60. The number of carbonyl (C=O) groups excluding carboxylic acids is 2. The lowest BCUT2D eigenvalue weighted by atomic mass is 9.79. The molecule has 0 fully saturated rings. The summed E-state index contributed by atoms with van der Waals surface area (Å²) in [4.78, 5) is 37.6. The number of hydrogen-bond acceptors (Lipinski definition) is 7. The van der Waals surface area contributed by atoms with Gasteiger partial charge in [0.2, 0.25) is 17.2 Å². The molecule has 0 spiro atoms. The first-order valence-electron chi connectivity index (χ1n) is 11.7. The maximum Gasteiger partial charge on any atom is 0.243 e. The third-order valence-corrected chi connectivity index (χ3v) is 6.58. The van der Waals surface area contributed by atoms with Gasteiger partial charge in [0.1, 0.15) is 11.8 Å². The van der Waals surface area contributed by atoms with Crippen molar-refractivity contribution in [3.63, 3.8) is 0 Å². The van der Waals surface area contributed by atoms with E-state index in [-0.39, 0.29) is 34.8 Å². The summed E-state index contributed by atoms with van der Waals surface area (Å²) < 4.78 is 22.3. The fourth-order valence-corrected chi connectivity index (χ4v) is 4.96. The first-order valence-corrected chi connectivity index (χ1v) is 11.7. The van der Waals surface area contributed by atoms with E-state index in [1.165, 1.54) is 20.1 Å². The molecule has 1 aromatic rings. The molecule has 35 heavy (non-hydrogen) atoms. The average molecular weight is 487 g/mol. The van der Waals surface area contributed by atoms with Crippen LogP contribution >= 0.6 is 0 Å². The Kier molecular flexibility index (Phi) is 8.43. The molecule has 190 valence electrons. The summed E-state index contributed by atoms with van der Waals surface area (Å²) in [6.45, 7) is 3.21. The zero-order chi connectivity index (χ0) is 25.7. The minimum Gasteiger partial charge on any atom is -0.496 e. The summed E-state index contributed by atoms with van der Waals surface area (Å²) in [5.41, 5.74) is 1.21. The van der Waals surface area contributed by atoms with Gasteiger partial charge in [0.05, 0.1) is 40.4 Å². The number of nitrogens with one attached hydrogen (secondary N) is 2. The summed E-state index contributed by atoms with van der Waals surface area (Å²) in [5.74, 6) is 0.977. The van der Waals surface area contributed by atoms with E-state index >= 15 is 0 Å². The fourth-order valence-electron chi connectivity index (χ4n) is 4.96. The Hall–Kier alpha value is -3.49. The largest absolute Gasteiger partial charge is 0.496 e. The van der Waals surface area contributed by atoms with Crippen molar-refractivity contribution in [2.75, 3.05) is 28.4 Å². The van der Waals surface area contributed by atoms with Crippen molar-refractivity contribution in [1.82, 2.24) is 10.6 Å². The zero-order valence-electron chi connectivity index (χ0n) is 21.1. The van der Waals surface area contributed by atoms with Gasteiger partial charge in [-0.1, -0.05) is 13.0 Å². The predicted molar refractivity (Wildman–Crippen MR) is 130 cm³/mol. The summed E-state index contributed by atoms with van der Waals surface area (Å²) in [6.07, 6.45) is 3.70. The quantitative estimate of drug-likeness (QED) is 0.581. The van der Waals surface area contributed by atoms with Gasteiger partial charge in [0.15, 0.2) is 17.3 Å². The normalized spacial score (nSPS) is 21.9. The highest BCUT2D eigenvalue weighted by atomic mass is 16.5. The van der Waals surface area contributed by atoms with E-state index in [2.05, 4.69) is 10.6 Å². The zero-order valence-corrected chi connectivity index (χ0v) is 21.1. The molecule has 2 aliphatic carbocycles.